The third kappa shape index (κ3) is 3.44. The van der Waals surface area contributed by atoms with E-state index in [0.717, 1.165) is 11.1 Å². The number of halogens is 1. The number of pyridine rings is 1. The van der Waals surface area contributed by atoms with Gasteiger partial charge in [-0.15, -0.1) is 0 Å². The molecule has 2 atom stereocenters. The van der Waals surface area contributed by atoms with E-state index >= 15 is 0 Å². The number of rotatable bonds is 4. The number of β-amino-alcohol motifs (C(OH)–C–C–N with tert-alkyl or cyclic N) is 1. The zero-order valence-corrected chi connectivity index (χ0v) is 13.4. The number of ether oxygens (including phenoxy) is 1. The molecule has 0 radical (unpaired) electrons. The number of carbonyl (C=O) groups excluding carboxylic acids is 1. The summed E-state index contributed by atoms with van der Waals surface area (Å²) in [6, 6.07) is 8.13. The van der Waals surface area contributed by atoms with Crippen LogP contribution in [0.25, 0.3) is 11.1 Å². The minimum Gasteiger partial charge on any atom is -0.468 e. The topological polar surface area (TPSA) is 62.7 Å². The number of likely N-dealkylation sites (tertiary alicyclic amines) is 1. The van der Waals surface area contributed by atoms with Crippen molar-refractivity contribution in [3.05, 3.63) is 54.1 Å². The van der Waals surface area contributed by atoms with Gasteiger partial charge in [-0.05, 0) is 29.3 Å². The molecule has 3 rings (SSSR count). The molecular weight excluding hydrogens is 311 g/mol. The lowest BCUT2D eigenvalue weighted by atomic mass is 10.0. The van der Waals surface area contributed by atoms with Crippen LogP contribution >= 0.6 is 0 Å². The maximum absolute atomic E-state index is 14.5. The van der Waals surface area contributed by atoms with E-state index in [1.165, 1.54) is 13.2 Å². The van der Waals surface area contributed by atoms with Crippen molar-refractivity contribution in [3.8, 4) is 11.1 Å². The second-order valence-electron chi connectivity index (χ2n) is 5.90. The van der Waals surface area contributed by atoms with Gasteiger partial charge < -0.3 is 9.84 Å². The summed E-state index contributed by atoms with van der Waals surface area (Å²) in [5.74, 6) is -0.741. The van der Waals surface area contributed by atoms with Crippen molar-refractivity contribution in [1.82, 2.24) is 9.88 Å². The lowest BCUT2D eigenvalue weighted by molar-refractivity contribution is -0.146. The van der Waals surface area contributed by atoms with Crippen molar-refractivity contribution in [1.29, 1.82) is 0 Å². The largest absolute Gasteiger partial charge is 0.468 e. The van der Waals surface area contributed by atoms with Gasteiger partial charge >= 0.3 is 5.97 Å². The lowest BCUT2D eigenvalue weighted by Crippen LogP contribution is -2.36. The molecule has 1 saturated heterocycles. The molecule has 24 heavy (non-hydrogen) atoms. The molecule has 0 spiro atoms. The predicted octanol–water partition coefficient (Wildman–Crippen LogP) is 2.00. The summed E-state index contributed by atoms with van der Waals surface area (Å²) < 4.78 is 19.2. The van der Waals surface area contributed by atoms with Crippen LogP contribution in [0, 0.1) is 5.82 Å². The number of aliphatic hydroxyl groups excluding tert-OH is 1. The van der Waals surface area contributed by atoms with Crippen molar-refractivity contribution >= 4 is 5.97 Å². The highest BCUT2D eigenvalue weighted by molar-refractivity contribution is 5.76. The van der Waals surface area contributed by atoms with E-state index in [4.69, 9.17) is 4.74 Å². The first-order chi connectivity index (χ1) is 11.6. The SMILES string of the molecule is COC(=O)[C@@H]1C[C@H](O)CN1Cc1ccc(-c2ccncc2)cc1F. The van der Waals surface area contributed by atoms with Crippen LogP contribution in [0.5, 0.6) is 0 Å². The molecule has 0 aliphatic carbocycles. The highest BCUT2D eigenvalue weighted by Crippen LogP contribution is 2.25. The summed E-state index contributed by atoms with van der Waals surface area (Å²) in [7, 11) is 1.31. The van der Waals surface area contributed by atoms with E-state index in [2.05, 4.69) is 4.98 Å². The van der Waals surface area contributed by atoms with Crippen molar-refractivity contribution in [3.63, 3.8) is 0 Å². The second-order valence-corrected chi connectivity index (χ2v) is 5.90. The quantitative estimate of drug-likeness (QED) is 0.869. The third-order valence-corrected chi connectivity index (χ3v) is 4.29. The van der Waals surface area contributed by atoms with Gasteiger partial charge in [0.25, 0.3) is 0 Å². The molecule has 126 valence electrons. The third-order valence-electron chi connectivity index (χ3n) is 4.29. The summed E-state index contributed by atoms with van der Waals surface area (Å²) in [5.41, 5.74) is 2.14. The number of hydrogen-bond acceptors (Lipinski definition) is 5. The normalized spacial score (nSPS) is 21.0. The van der Waals surface area contributed by atoms with Crippen LogP contribution in [0.2, 0.25) is 0 Å². The van der Waals surface area contributed by atoms with Crippen LogP contribution in [-0.2, 0) is 16.1 Å². The lowest BCUT2D eigenvalue weighted by Gasteiger charge is -2.22. The van der Waals surface area contributed by atoms with Gasteiger partial charge in [0, 0.05) is 37.5 Å². The van der Waals surface area contributed by atoms with Gasteiger partial charge in [0.1, 0.15) is 11.9 Å². The molecule has 2 aromatic rings. The first-order valence-electron chi connectivity index (χ1n) is 7.77. The molecular formula is C18H19FN2O3. The van der Waals surface area contributed by atoms with Crippen LogP contribution < -0.4 is 0 Å². The van der Waals surface area contributed by atoms with Gasteiger partial charge in [-0.2, -0.15) is 0 Å². The van der Waals surface area contributed by atoms with Gasteiger partial charge in [0.15, 0.2) is 0 Å². The number of esters is 1. The predicted molar refractivity (Wildman–Crippen MR) is 86.5 cm³/mol. The minimum absolute atomic E-state index is 0.249. The standard InChI is InChI=1S/C18H19FN2O3/c1-24-18(23)17-9-15(22)11-21(17)10-14-3-2-13(8-16(14)19)12-4-6-20-7-5-12/h2-8,15,17,22H,9-11H2,1H3/t15-,17-/m0/s1. The number of carbonyl (C=O) groups is 1. The molecule has 1 aromatic carbocycles. The van der Waals surface area contributed by atoms with Crippen molar-refractivity contribution in [2.75, 3.05) is 13.7 Å². The Balaban J connectivity index is 1.79. The monoisotopic (exact) mass is 330 g/mol. The zero-order valence-electron chi connectivity index (χ0n) is 13.4. The zero-order chi connectivity index (χ0) is 17.1. The fourth-order valence-electron chi connectivity index (χ4n) is 3.05. The molecule has 0 bridgehead atoms. The summed E-state index contributed by atoms with van der Waals surface area (Å²) in [6.45, 7) is 0.574. The van der Waals surface area contributed by atoms with E-state index in [-0.39, 0.29) is 12.4 Å². The van der Waals surface area contributed by atoms with Gasteiger partial charge in [0.05, 0.1) is 13.2 Å². The fraction of sp³-hybridized carbons (Fsp3) is 0.333. The smallest absolute Gasteiger partial charge is 0.323 e. The molecule has 1 aromatic heterocycles. The van der Waals surface area contributed by atoms with Crippen molar-refractivity contribution < 1.29 is 19.0 Å². The van der Waals surface area contributed by atoms with E-state index < -0.39 is 18.1 Å². The van der Waals surface area contributed by atoms with Gasteiger partial charge in [-0.3, -0.25) is 14.7 Å². The molecule has 5 nitrogen and oxygen atoms in total. The van der Waals surface area contributed by atoms with Crippen LogP contribution in [0.3, 0.4) is 0 Å². The summed E-state index contributed by atoms with van der Waals surface area (Å²) in [5, 5.41) is 9.81. The van der Waals surface area contributed by atoms with Gasteiger partial charge in [-0.25, -0.2) is 4.39 Å². The van der Waals surface area contributed by atoms with Crippen molar-refractivity contribution in [2.24, 2.45) is 0 Å². The molecule has 6 heteroatoms. The Morgan fingerprint density at radius 1 is 1.33 bits per heavy atom. The number of benzene rings is 1. The minimum atomic E-state index is -0.603. The number of aliphatic hydroxyl groups is 1. The first-order valence-corrected chi connectivity index (χ1v) is 7.77. The number of nitrogens with zero attached hydrogens (tertiary/aromatic N) is 2. The van der Waals surface area contributed by atoms with Crippen molar-refractivity contribution in [2.45, 2.75) is 25.1 Å². The molecule has 0 amide bonds. The van der Waals surface area contributed by atoms with Gasteiger partial charge in [0.2, 0.25) is 0 Å². The average Bonchev–Trinajstić information content (AvgIpc) is 2.97. The summed E-state index contributed by atoms with van der Waals surface area (Å²) >= 11 is 0. The van der Waals surface area contributed by atoms with E-state index in [9.17, 15) is 14.3 Å². The first kappa shape index (κ1) is 16.5. The molecule has 1 aliphatic heterocycles. The van der Waals surface area contributed by atoms with Gasteiger partial charge in [-0.1, -0.05) is 12.1 Å². The maximum Gasteiger partial charge on any atom is 0.323 e. The van der Waals surface area contributed by atoms with E-state index in [1.807, 2.05) is 18.2 Å². The van der Waals surface area contributed by atoms with E-state index in [1.54, 1.807) is 23.4 Å². The average molecular weight is 330 g/mol. The molecule has 0 unspecified atom stereocenters. The second kappa shape index (κ2) is 7.07. The number of aromatic nitrogens is 1. The maximum atomic E-state index is 14.5. The Bertz CT molecular complexity index is 723. The van der Waals surface area contributed by atoms with Crippen LogP contribution in [-0.4, -0.2) is 46.8 Å². The molecule has 1 N–H and O–H groups in total. The van der Waals surface area contributed by atoms with Crippen LogP contribution in [0.1, 0.15) is 12.0 Å². The highest BCUT2D eigenvalue weighted by atomic mass is 19.1. The molecule has 2 heterocycles. The highest BCUT2D eigenvalue weighted by Gasteiger charge is 2.36. The summed E-state index contributed by atoms with van der Waals surface area (Å²) in [4.78, 5) is 17.5. The Kier molecular flexibility index (Phi) is 4.87. The Hall–Kier alpha value is -2.31. The summed E-state index contributed by atoms with van der Waals surface area (Å²) in [6.07, 6.45) is 3.03. The Morgan fingerprint density at radius 3 is 2.75 bits per heavy atom. The van der Waals surface area contributed by atoms with Crippen LogP contribution in [0.4, 0.5) is 4.39 Å². The molecule has 1 aliphatic rings. The van der Waals surface area contributed by atoms with E-state index in [0.29, 0.717) is 18.5 Å². The Labute approximate surface area is 139 Å². The fourth-order valence-corrected chi connectivity index (χ4v) is 3.05. The van der Waals surface area contributed by atoms with Crippen LogP contribution in [0.15, 0.2) is 42.7 Å². The number of methoxy groups -OCH3 is 1. The molecule has 1 fully saturated rings. The Morgan fingerprint density at radius 2 is 2.08 bits per heavy atom. The molecule has 0 saturated carbocycles. The number of hydrogen-bond donors (Lipinski definition) is 1.